The summed E-state index contributed by atoms with van der Waals surface area (Å²) in [6.07, 6.45) is -1.26. The van der Waals surface area contributed by atoms with Gasteiger partial charge in [0.25, 0.3) is 0 Å². The van der Waals surface area contributed by atoms with Crippen molar-refractivity contribution in [1.82, 2.24) is 0 Å². The lowest BCUT2D eigenvalue weighted by Gasteiger charge is -2.26. The molecule has 1 aliphatic heterocycles. The van der Waals surface area contributed by atoms with Crippen molar-refractivity contribution in [3.05, 3.63) is 22.6 Å². The van der Waals surface area contributed by atoms with Crippen LogP contribution in [0.5, 0.6) is 11.5 Å². The fourth-order valence-electron chi connectivity index (χ4n) is 2.07. The normalized spacial score (nSPS) is 25.8. The molecule has 0 saturated carbocycles. The van der Waals surface area contributed by atoms with Gasteiger partial charge in [-0.15, -0.1) is 4.91 Å². The lowest BCUT2D eigenvalue weighted by atomic mass is 10.0. The molecule has 1 heterocycles. The molecule has 2 unspecified atom stereocenters. The summed E-state index contributed by atoms with van der Waals surface area (Å²) in [6.45, 7) is 1.30. The van der Waals surface area contributed by atoms with Crippen LogP contribution in [0.25, 0.3) is 0 Å². The van der Waals surface area contributed by atoms with Crippen molar-refractivity contribution in [2.45, 2.75) is 18.8 Å². The zero-order valence-electron chi connectivity index (χ0n) is 10.2. The van der Waals surface area contributed by atoms with Crippen LogP contribution in [0.4, 0.5) is 5.69 Å². The van der Waals surface area contributed by atoms with Crippen LogP contribution >= 0.6 is 0 Å². The molecule has 0 aliphatic carbocycles. The summed E-state index contributed by atoms with van der Waals surface area (Å²) in [7, 11) is 2.91. The molecule has 0 bridgehead atoms. The van der Waals surface area contributed by atoms with Crippen LogP contribution in [-0.2, 0) is 0 Å². The first-order valence-electron chi connectivity index (χ1n) is 5.27. The Morgan fingerprint density at radius 1 is 1.33 bits per heavy atom. The Bertz CT molecular complexity index is 489. The molecule has 7 heteroatoms. The van der Waals surface area contributed by atoms with Gasteiger partial charge in [0.05, 0.1) is 25.2 Å². The Labute approximate surface area is 103 Å². The van der Waals surface area contributed by atoms with Crippen LogP contribution in [-0.4, -0.2) is 30.2 Å². The maximum atomic E-state index is 10.8. The molecule has 0 spiro atoms. The van der Waals surface area contributed by atoms with Gasteiger partial charge in [-0.2, -0.15) is 5.01 Å². The minimum atomic E-state index is -1.79. The molecule has 0 radical (unpaired) electrons. The van der Waals surface area contributed by atoms with Gasteiger partial charge in [0.1, 0.15) is 6.10 Å². The highest BCUT2D eigenvalue weighted by molar-refractivity contribution is 5.67. The van der Waals surface area contributed by atoms with Crippen molar-refractivity contribution in [1.29, 1.82) is 0 Å². The number of aliphatic hydroxyl groups is 2. The number of nitrogens with zero attached hydrogens (tertiary/aromatic N) is 2. The predicted molar refractivity (Wildman–Crippen MR) is 63.4 cm³/mol. The van der Waals surface area contributed by atoms with E-state index in [4.69, 9.17) is 9.47 Å². The monoisotopic (exact) mass is 254 g/mol. The van der Waals surface area contributed by atoms with Gasteiger partial charge >= 0.3 is 0 Å². The molecule has 2 atom stereocenters. The second-order valence-electron chi connectivity index (χ2n) is 4.16. The molecule has 7 nitrogen and oxygen atoms in total. The maximum absolute atomic E-state index is 10.8. The highest BCUT2D eigenvalue weighted by atomic mass is 16.5. The second kappa shape index (κ2) is 4.11. The molecular formula is C11H14N2O5. The van der Waals surface area contributed by atoms with Crippen molar-refractivity contribution < 1.29 is 19.7 Å². The van der Waals surface area contributed by atoms with Gasteiger partial charge in [-0.3, -0.25) is 0 Å². The number of fused-ring (bicyclic) bond motifs is 1. The topological polar surface area (TPSA) is 91.6 Å². The van der Waals surface area contributed by atoms with E-state index in [2.05, 4.69) is 5.29 Å². The first kappa shape index (κ1) is 12.6. The van der Waals surface area contributed by atoms with Crippen LogP contribution in [0.2, 0.25) is 0 Å². The lowest BCUT2D eigenvalue weighted by Crippen LogP contribution is -2.42. The van der Waals surface area contributed by atoms with E-state index in [1.165, 1.54) is 33.3 Å². The molecule has 1 aromatic rings. The Kier molecular flexibility index (Phi) is 2.88. The minimum absolute atomic E-state index is 0.292. The van der Waals surface area contributed by atoms with Crippen LogP contribution in [0.15, 0.2) is 17.4 Å². The molecular weight excluding hydrogens is 240 g/mol. The SMILES string of the molecule is COc1cc2c(cc1OC)N(N=O)C(C)(O)C2O. The number of ether oxygens (including phenoxy) is 2. The van der Waals surface area contributed by atoms with E-state index in [1.807, 2.05) is 0 Å². The van der Waals surface area contributed by atoms with E-state index in [0.717, 1.165) is 5.01 Å². The van der Waals surface area contributed by atoms with E-state index in [1.54, 1.807) is 0 Å². The van der Waals surface area contributed by atoms with Crippen molar-refractivity contribution >= 4 is 5.69 Å². The van der Waals surface area contributed by atoms with Crippen molar-refractivity contribution in [2.75, 3.05) is 19.2 Å². The standard InChI is InChI=1S/C11H14N2O5/c1-11(15)10(14)6-4-8(17-2)9(18-3)5-7(6)13(11)12-16/h4-5,10,14-15H,1-3H3. The predicted octanol–water partition coefficient (Wildman–Crippen LogP) is 0.947. The van der Waals surface area contributed by atoms with Crippen molar-refractivity contribution in [2.24, 2.45) is 5.29 Å². The molecule has 1 aliphatic rings. The zero-order valence-corrected chi connectivity index (χ0v) is 10.2. The summed E-state index contributed by atoms with van der Waals surface area (Å²) in [5.74, 6) is 0.786. The molecule has 1 aromatic carbocycles. The van der Waals surface area contributed by atoms with E-state index < -0.39 is 11.8 Å². The molecule has 0 amide bonds. The average molecular weight is 254 g/mol. The number of anilines is 1. The second-order valence-corrected chi connectivity index (χ2v) is 4.16. The van der Waals surface area contributed by atoms with Crippen LogP contribution < -0.4 is 14.5 Å². The third kappa shape index (κ3) is 1.52. The molecule has 2 rings (SSSR count). The van der Waals surface area contributed by atoms with Gasteiger partial charge in [-0.25, -0.2) is 0 Å². The summed E-state index contributed by atoms with van der Waals surface area (Å²) in [5, 5.41) is 23.6. The van der Waals surface area contributed by atoms with Crippen LogP contribution in [0.1, 0.15) is 18.6 Å². The summed E-state index contributed by atoms with van der Waals surface area (Å²) in [5.41, 5.74) is -1.14. The Morgan fingerprint density at radius 2 is 1.89 bits per heavy atom. The number of hydrogen-bond acceptors (Lipinski definition) is 6. The molecule has 0 fully saturated rings. The fourth-order valence-corrected chi connectivity index (χ4v) is 2.07. The summed E-state index contributed by atoms with van der Waals surface area (Å²) >= 11 is 0. The number of aliphatic hydroxyl groups excluding tert-OH is 1. The van der Waals surface area contributed by atoms with E-state index in [0.29, 0.717) is 22.7 Å². The lowest BCUT2D eigenvalue weighted by molar-refractivity contribution is -0.0535. The summed E-state index contributed by atoms with van der Waals surface area (Å²) < 4.78 is 10.2. The Morgan fingerprint density at radius 3 is 2.39 bits per heavy atom. The minimum Gasteiger partial charge on any atom is -0.493 e. The fraction of sp³-hybridized carbons (Fsp3) is 0.455. The summed E-state index contributed by atoms with van der Waals surface area (Å²) in [4.78, 5) is 10.8. The number of rotatable bonds is 3. The maximum Gasteiger partial charge on any atom is 0.189 e. The number of benzene rings is 1. The third-order valence-electron chi connectivity index (χ3n) is 3.08. The van der Waals surface area contributed by atoms with E-state index in [-0.39, 0.29) is 0 Å². The highest BCUT2D eigenvalue weighted by Crippen LogP contribution is 2.49. The number of methoxy groups -OCH3 is 2. The Hall–Kier alpha value is -1.86. The van der Waals surface area contributed by atoms with Gasteiger partial charge in [0, 0.05) is 11.6 Å². The Balaban J connectivity index is 2.64. The molecule has 98 valence electrons. The molecule has 0 saturated heterocycles. The van der Waals surface area contributed by atoms with Crippen LogP contribution in [0.3, 0.4) is 0 Å². The first-order chi connectivity index (χ1) is 8.47. The highest BCUT2D eigenvalue weighted by Gasteiger charge is 2.48. The van der Waals surface area contributed by atoms with Crippen LogP contribution in [0, 0.1) is 4.91 Å². The molecule has 18 heavy (non-hydrogen) atoms. The van der Waals surface area contributed by atoms with E-state index >= 15 is 0 Å². The van der Waals surface area contributed by atoms with Gasteiger partial charge in [-0.05, 0) is 13.0 Å². The van der Waals surface area contributed by atoms with Gasteiger partial charge < -0.3 is 19.7 Å². The largest absolute Gasteiger partial charge is 0.493 e. The smallest absolute Gasteiger partial charge is 0.189 e. The molecule has 2 N–H and O–H groups in total. The van der Waals surface area contributed by atoms with Gasteiger partial charge in [0.2, 0.25) is 0 Å². The van der Waals surface area contributed by atoms with Gasteiger partial charge in [0.15, 0.2) is 17.2 Å². The van der Waals surface area contributed by atoms with E-state index in [9.17, 15) is 15.1 Å². The van der Waals surface area contributed by atoms with Crippen molar-refractivity contribution in [3.8, 4) is 11.5 Å². The quantitative estimate of drug-likeness (QED) is 0.780. The molecule has 0 aromatic heterocycles. The average Bonchev–Trinajstić information content (AvgIpc) is 2.55. The van der Waals surface area contributed by atoms with Gasteiger partial charge in [-0.1, -0.05) is 0 Å². The number of nitroso groups, excluding NO2 is 1. The first-order valence-corrected chi connectivity index (χ1v) is 5.27. The summed E-state index contributed by atoms with van der Waals surface area (Å²) in [6, 6.07) is 3.00. The third-order valence-corrected chi connectivity index (χ3v) is 3.08. The zero-order chi connectivity index (χ0) is 13.5. The van der Waals surface area contributed by atoms with Crippen molar-refractivity contribution in [3.63, 3.8) is 0 Å². The number of hydrogen-bond donors (Lipinski definition) is 2.